The third-order valence-electron chi connectivity index (χ3n) is 5.34. The van der Waals surface area contributed by atoms with E-state index in [1.54, 1.807) is 7.11 Å². The van der Waals surface area contributed by atoms with E-state index in [1.165, 1.54) is 10.5 Å². The summed E-state index contributed by atoms with van der Waals surface area (Å²) in [6, 6.07) is 18.5. The Bertz CT molecular complexity index is 1120. The Morgan fingerprint density at radius 3 is 2.53 bits per heavy atom. The molecule has 2 heterocycles. The number of carbonyl (C=O) groups excluding carboxylic acids is 2. The van der Waals surface area contributed by atoms with Gasteiger partial charge in [0.25, 0.3) is 11.1 Å². The van der Waals surface area contributed by atoms with Gasteiger partial charge in [0.05, 0.1) is 4.91 Å². The van der Waals surface area contributed by atoms with Crippen molar-refractivity contribution >= 4 is 39.9 Å². The van der Waals surface area contributed by atoms with Crippen LogP contribution in [0.1, 0.15) is 23.2 Å². The van der Waals surface area contributed by atoms with Gasteiger partial charge in [-0.3, -0.25) is 14.5 Å². The molecule has 0 bridgehead atoms. The SMILES string of the molecule is COCCCN1C(=O)S/C(=C/c2c(C)n(Cc3ccccc3)c3ccccc23)C1=O. The van der Waals surface area contributed by atoms with E-state index in [1.807, 2.05) is 36.4 Å². The summed E-state index contributed by atoms with van der Waals surface area (Å²) in [4.78, 5) is 27.0. The Morgan fingerprint density at radius 1 is 1.03 bits per heavy atom. The molecule has 6 heteroatoms. The topological polar surface area (TPSA) is 51.5 Å². The van der Waals surface area contributed by atoms with Gasteiger partial charge >= 0.3 is 0 Å². The molecule has 0 unspecified atom stereocenters. The van der Waals surface area contributed by atoms with E-state index in [0.717, 1.165) is 40.5 Å². The molecule has 4 rings (SSSR count). The largest absolute Gasteiger partial charge is 0.385 e. The zero-order valence-corrected chi connectivity index (χ0v) is 17.9. The number of hydrogen-bond acceptors (Lipinski definition) is 4. The van der Waals surface area contributed by atoms with Crippen molar-refractivity contribution in [3.8, 4) is 0 Å². The normalized spacial score (nSPS) is 15.7. The van der Waals surface area contributed by atoms with Gasteiger partial charge in [-0.25, -0.2) is 0 Å². The molecule has 0 radical (unpaired) electrons. The first-order valence-electron chi connectivity index (χ1n) is 9.96. The van der Waals surface area contributed by atoms with Crippen molar-refractivity contribution in [3.63, 3.8) is 0 Å². The first-order valence-corrected chi connectivity index (χ1v) is 10.8. The lowest BCUT2D eigenvalue weighted by molar-refractivity contribution is -0.122. The average Bonchev–Trinajstić information content (AvgIpc) is 3.18. The van der Waals surface area contributed by atoms with E-state index in [4.69, 9.17) is 4.74 Å². The minimum atomic E-state index is -0.222. The van der Waals surface area contributed by atoms with Crippen molar-refractivity contribution < 1.29 is 14.3 Å². The third-order valence-corrected chi connectivity index (χ3v) is 6.25. The van der Waals surface area contributed by atoms with Gasteiger partial charge in [0.1, 0.15) is 0 Å². The van der Waals surface area contributed by atoms with E-state index in [9.17, 15) is 9.59 Å². The van der Waals surface area contributed by atoms with Crippen LogP contribution in [0.4, 0.5) is 4.79 Å². The summed E-state index contributed by atoms with van der Waals surface area (Å²) in [6.45, 7) is 3.72. The van der Waals surface area contributed by atoms with Crippen LogP contribution in [-0.2, 0) is 16.1 Å². The molecular weight excluding hydrogens is 396 g/mol. The summed E-state index contributed by atoms with van der Waals surface area (Å²) < 4.78 is 7.30. The summed E-state index contributed by atoms with van der Waals surface area (Å²) in [6.07, 6.45) is 2.51. The molecule has 5 nitrogen and oxygen atoms in total. The number of amides is 2. The van der Waals surface area contributed by atoms with Crippen molar-refractivity contribution in [3.05, 3.63) is 76.3 Å². The van der Waals surface area contributed by atoms with Crippen LogP contribution >= 0.6 is 11.8 Å². The second-order valence-corrected chi connectivity index (χ2v) is 8.26. The number of ether oxygens (including phenoxy) is 1. The van der Waals surface area contributed by atoms with E-state index in [-0.39, 0.29) is 11.1 Å². The molecule has 1 aliphatic rings. The van der Waals surface area contributed by atoms with E-state index < -0.39 is 0 Å². The number of fused-ring (bicyclic) bond motifs is 1. The highest BCUT2D eigenvalue weighted by atomic mass is 32.2. The van der Waals surface area contributed by atoms with Gasteiger partial charge in [-0.15, -0.1) is 0 Å². The van der Waals surface area contributed by atoms with Crippen LogP contribution in [0.3, 0.4) is 0 Å². The molecule has 1 saturated heterocycles. The van der Waals surface area contributed by atoms with E-state index in [2.05, 4.69) is 35.8 Å². The summed E-state index contributed by atoms with van der Waals surface area (Å²) >= 11 is 1.01. The maximum absolute atomic E-state index is 12.8. The van der Waals surface area contributed by atoms with Gasteiger partial charge in [0.2, 0.25) is 0 Å². The number of rotatable bonds is 7. The van der Waals surface area contributed by atoms with Gasteiger partial charge in [-0.2, -0.15) is 0 Å². The fourth-order valence-corrected chi connectivity index (χ4v) is 4.65. The van der Waals surface area contributed by atoms with Gasteiger partial charge < -0.3 is 9.30 Å². The molecule has 1 aliphatic heterocycles. The molecule has 30 heavy (non-hydrogen) atoms. The molecule has 0 spiro atoms. The lowest BCUT2D eigenvalue weighted by atomic mass is 10.1. The molecule has 1 aromatic heterocycles. The van der Waals surface area contributed by atoms with Crippen LogP contribution in [0.15, 0.2) is 59.5 Å². The first kappa shape index (κ1) is 20.4. The number of thioether (sulfide) groups is 1. The van der Waals surface area contributed by atoms with E-state index in [0.29, 0.717) is 24.5 Å². The molecule has 154 valence electrons. The Labute approximate surface area is 180 Å². The zero-order chi connectivity index (χ0) is 21.1. The lowest BCUT2D eigenvalue weighted by Crippen LogP contribution is -2.29. The summed E-state index contributed by atoms with van der Waals surface area (Å²) in [7, 11) is 1.61. The molecule has 3 aromatic rings. The lowest BCUT2D eigenvalue weighted by Gasteiger charge is -2.11. The van der Waals surface area contributed by atoms with Gasteiger partial charge in [-0.1, -0.05) is 48.5 Å². The van der Waals surface area contributed by atoms with Crippen molar-refractivity contribution in [2.75, 3.05) is 20.3 Å². The van der Waals surface area contributed by atoms with Crippen LogP contribution in [0.2, 0.25) is 0 Å². The highest BCUT2D eigenvalue weighted by molar-refractivity contribution is 8.18. The highest BCUT2D eigenvalue weighted by Crippen LogP contribution is 2.35. The first-order chi connectivity index (χ1) is 14.6. The van der Waals surface area contributed by atoms with Crippen molar-refractivity contribution in [1.82, 2.24) is 9.47 Å². The second-order valence-electron chi connectivity index (χ2n) is 7.27. The Morgan fingerprint density at radius 2 is 1.77 bits per heavy atom. The van der Waals surface area contributed by atoms with Crippen LogP contribution < -0.4 is 0 Å². The fourth-order valence-electron chi connectivity index (χ4n) is 3.80. The predicted molar refractivity (Wildman–Crippen MR) is 121 cm³/mol. The number of benzene rings is 2. The second kappa shape index (κ2) is 8.90. The van der Waals surface area contributed by atoms with Crippen molar-refractivity contribution in [2.24, 2.45) is 0 Å². The quantitative estimate of drug-likeness (QED) is 0.395. The Balaban J connectivity index is 1.70. The molecule has 0 N–H and O–H groups in total. The molecule has 2 amide bonds. The summed E-state index contributed by atoms with van der Waals surface area (Å²) in [5.41, 5.74) is 4.39. The number of aromatic nitrogens is 1. The third kappa shape index (κ3) is 3.93. The minimum absolute atomic E-state index is 0.215. The van der Waals surface area contributed by atoms with Crippen LogP contribution in [0.5, 0.6) is 0 Å². The molecule has 2 aromatic carbocycles. The maximum Gasteiger partial charge on any atom is 0.293 e. The van der Waals surface area contributed by atoms with Gasteiger partial charge in [0, 0.05) is 49.0 Å². The molecular formula is C24H24N2O3S. The summed E-state index contributed by atoms with van der Waals surface area (Å²) in [5, 5.41) is 0.866. The fraction of sp³-hybridized carbons (Fsp3) is 0.250. The summed E-state index contributed by atoms with van der Waals surface area (Å²) in [5.74, 6) is -0.222. The van der Waals surface area contributed by atoms with Crippen molar-refractivity contribution in [1.29, 1.82) is 0 Å². The average molecular weight is 421 g/mol. The van der Waals surface area contributed by atoms with Crippen LogP contribution in [-0.4, -0.2) is 40.9 Å². The Kier molecular flexibility index (Phi) is 6.06. The monoisotopic (exact) mass is 420 g/mol. The zero-order valence-electron chi connectivity index (χ0n) is 17.1. The number of imide groups is 1. The smallest absolute Gasteiger partial charge is 0.293 e. The number of hydrogen-bond donors (Lipinski definition) is 0. The highest BCUT2D eigenvalue weighted by Gasteiger charge is 2.34. The Hall–Kier alpha value is -2.83. The minimum Gasteiger partial charge on any atom is -0.385 e. The number of nitrogens with zero attached hydrogens (tertiary/aromatic N) is 2. The predicted octanol–water partition coefficient (Wildman–Crippen LogP) is 5.07. The standard InChI is InChI=1S/C24H24N2O3S/c1-17-20(15-22-23(27)25(24(28)30-22)13-8-14-29-2)19-11-6-7-12-21(19)26(17)16-18-9-4-3-5-10-18/h3-7,9-12,15H,8,13-14,16H2,1-2H3/b22-15+. The molecule has 1 fully saturated rings. The van der Waals surface area contributed by atoms with Gasteiger partial charge in [0.15, 0.2) is 0 Å². The van der Waals surface area contributed by atoms with Crippen LogP contribution in [0.25, 0.3) is 17.0 Å². The molecule has 0 atom stereocenters. The maximum atomic E-state index is 12.8. The number of carbonyl (C=O) groups is 2. The number of para-hydroxylation sites is 1. The molecule has 0 aliphatic carbocycles. The molecule has 0 saturated carbocycles. The number of methoxy groups -OCH3 is 1. The van der Waals surface area contributed by atoms with Gasteiger partial charge in [-0.05, 0) is 42.8 Å². The van der Waals surface area contributed by atoms with Crippen LogP contribution in [0, 0.1) is 6.92 Å². The van der Waals surface area contributed by atoms with E-state index >= 15 is 0 Å². The van der Waals surface area contributed by atoms with Crippen molar-refractivity contribution in [2.45, 2.75) is 19.9 Å².